The van der Waals surface area contributed by atoms with E-state index in [-0.39, 0.29) is 24.0 Å². The van der Waals surface area contributed by atoms with Gasteiger partial charge in [-0.2, -0.15) is 5.26 Å². The number of hydrogen-bond acceptors (Lipinski definition) is 5. The van der Waals surface area contributed by atoms with Crippen molar-refractivity contribution in [2.24, 2.45) is 0 Å². The molecule has 1 heterocycles. The first-order valence-electron chi connectivity index (χ1n) is 8.77. The highest BCUT2D eigenvalue weighted by atomic mass is 32.2. The van der Waals surface area contributed by atoms with Crippen molar-refractivity contribution in [3.8, 4) is 11.8 Å². The molecule has 0 spiro atoms. The normalized spacial score (nSPS) is 16.0. The SMILES string of the molecule is COc1ccccc1C1CC(=O)NC(SCC(=O)Nc2ccc(F)cc2)=C1C#N. The Bertz CT molecular complexity index is 999. The van der Waals surface area contributed by atoms with Crippen molar-refractivity contribution in [3.05, 3.63) is 70.5 Å². The fourth-order valence-corrected chi connectivity index (χ4v) is 3.90. The van der Waals surface area contributed by atoms with Crippen LogP contribution in [0.25, 0.3) is 0 Å². The van der Waals surface area contributed by atoms with Crippen LogP contribution in [-0.4, -0.2) is 24.7 Å². The van der Waals surface area contributed by atoms with E-state index < -0.39 is 11.7 Å². The summed E-state index contributed by atoms with van der Waals surface area (Å²) in [6, 6.07) is 14.8. The van der Waals surface area contributed by atoms with E-state index in [0.29, 0.717) is 22.0 Å². The third-order valence-electron chi connectivity index (χ3n) is 4.35. The fourth-order valence-electron chi connectivity index (χ4n) is 3.02. The monoisotopic (exact) mass is 411 g/mol. The lowest BCUT2D eigenvalue weighted by molar-refractivity contribution is -0.121. The number of nitrogens with one attached hydrogen (secondary N) is 2. The van der Waals surface area contributed by atoms with Gasteiger partial charge in [0.2, 0.25) is 11.8 Å². The van der Waals surface area contributed by atoms with Gasteiger partial charge >= 0.3 is 0 Å². The zero-order chi connectivity index (χ0) is 20.8. The Hall–Kier alpha value is -3.31. The zero-order valence-corrected chi connectivity index (χ0v) is 16.4. The first-order valence-corrected chi connectivity index (χ1v) is 9.75. The summed E-state index contributed by atoms with van der Waals surface area (Å²) in [7, 11) is 1.53. The summed E-state index contributed by atoms with van der Waals surface area (Å²) in [5.41, 5.74) is 1.59. The van der Waals surface area contributed by atoms with Crippen LogP contribution in [0, 0.1) is 17.1 Å². The molecule has 0 fully saturated rings. The summed E-state index contributed by atoms with van der Waals surface area (Å²) in [5.74, 6) is -0.836. The third kappa shape index (κ3) is 4.95. The quantitative estimate of drug-likeness (QED) is 0.759. The zero-order valence-electron chi connectivity index (χ0n) is 15.6. The molecule has 0 bridgehead atoms. The molecule has 3 rings (SSSR count). The second kappa shape index (κ2) is 9.26. The van der Waals surface area contributed by atoms with Crippen molar-refractivity contribution >= 4 is 29.3 Å². The summed E-state index contributed by atoms with van der Waals surface area (Å²) in [4.78, 5) is 24.4. The number of carbonyl (C=O) groups is 2. The van der Waals surface area contributed by atoms with Crippen molar-refractivity contribution in [1.29, 1.82) is 5.26 Å². The van der Waals surface area contributed by atoms with Crippen molar-refractivity contribution in [3.63, 3.8) is 0 Å². The van der Waals surface area contributed by atoms with Gasteiger partial charge in [0.15, 0.2) is 0 Å². The standard InChI is InChI=1S/C21H18FN3O3S/c1-28-18-5-3-2-4-15(18)16-10-19(26)25-21(17(16)11-23)29-12-20(27)24-14-8-6-13(22)7-9-14/h2-9,16H,10,12H2,1H3,(H,24,27)(H,25,26). The van der Waals surface area contributed by atoms with Crippen LogP contribution in [0.5, 0.6) is 5.75 Å². The highest BCUT2D eigenvalue weighted by Crippen LogP contribution is 2.39. The summed E-state index contributed by atoms with van der Waals surface area (Å²) in [5, 5.41) is 15.4. The van der Waals surface area contributed by atoms with E-state index in [1.54, 1.807) is 6.07 Å². The second-order valence-electron chi connectivity index (χ2n) is 6.25. The summed E-state index contributed by atoms with van der Waals surface area (Å²) >= 11 is 1.07. The Morgan fingerprint density at radius 3 is 2.72 bits per heavy atom. The number of allylic oxidation sites excluding steroid dienone is 1. The maximum Gasteiger partial charge on any atom is 0.234 e. The van der Waals surface area contributed by atoms with E-state index in [1.165, 1.54) is 31.4 Å². The Balaban J connectivity index is 1.78. The van der Waals surface area contributed by atoms with E-state index in [4.69, 9.17) is 4.74 Å². The number of thioether (sulfide) groups is 1. The number of nitrogens with zero attached hydrogens (tertiary/aromatic N) is 1. The average Bonchev–Trinajstić information content (AvgIpc) is 2.73. The minimum Gasteiger partial charge on any atom is -0.496 e. The highest BCUT2D eigenvalue weighted by molar-refractivity contribution is 8.03. The van der Waals surface area contributed by atoms with Crippen LogP contribution in [0.3, 0.4) is 0 Å². The Labute approximate surface area is 171 Å². The van der Waals surface area contributed by atoms with Gasteiger partial charge < -0.3 is 15.4 Å². The fraction of sp³-hybridized carbons (Fsp3) is 0.190. The molecule has 0 saturated heterocycles. The first kappa shape index (κ1) is 20.4. The molecule has 1 atom stereocenters. The average molecular weight is 411 g/mol. The molecule has 0 aromatic heterocycles. The van der Waals surface area contributed by atoms with Gasteiger partial charge in [0.1, 0.15) is 11.6 Å². The number of rotatable bonds is 6. The number of methoxy groups -OCH3 is 1. The molecule has 0 radical (unpaired) electrons. The van der Waals surface area contributed by atoms with Crippen LogP contribution < -0.4 is 15.4 Å². The minimum atomic E-state index is -0.451. The molecule has 8 heteroatoms. The summed E-state index contributed by atoms with van der Waals surface area (Å²) < 4.78 is 18.3. The maximum absolute atomic E-state index is 13.0. The number of amides is 2. The van der Waals surface area contributed by atoms with Crippen LogP contribution in [-0.2, 0) is 9.59 Å². The number of nitriles is 1. The lowest BCUT2D eigenvalue weighted by atomic mass is 9.86. The first-order chi connectivity index (χ1) is 14.0. The van der Waals surface area contributed by atoms with Crippen molar-refractivity contribution < 1.29 is 18.7 Å². The van der Waals surface area contributed by atoms with Gasteiger partial charge in [-0.05, 0) is 30.3 Å². The van der Waals surface area contributed by atoms with E-state index >= 15 is 0 Å². The molecule has 1 aliphatic heterocycles. The molecular weight excluding hydrogens is 393 g/mol. The molecule has 2 aromatic rings. The molecule has 1 aliphatic rings. The number of benzene rings is 2. The van der Waals surface area contributed by atoms with Crippen molar-refractivity contribution in [2.45, 2.75) is 12.3 Å². The van der Waals surface area contributed by atoms with Crippen LogP contribution in [0.1, 0.15) is 17.9 Å². The van der Waals surface area contributed by atoms with Gasteiger partial charge in [0.05, 0.1) is 29.5 Å². The molecule has 0 aliphatic carbocycles. The third-order valence-corrected chi connectivity index (χ3v) is 5.36. The topological polar surface area (TPSA) is 91.2 Å². The molecule has 148 valence electrons. The van der Waals surface area contributed by atoms with Crippen LogP contribution in [0.15, 0.2) is 59.1 Å². The van der Waals surface area contributed by atoms with Gasteiger partial charge in [0, 0.05) is 23.6 Å². The Kier molecular flexibility index (Phi) is 6.52. The molecule has 2 amide bonds. The highest BCUT2D eigenvalue weighted by Gasteiger charge is 2.31. The van der Waals surface area contributed by atoms with Gasteiger partial charge in [-0.3, -0.25) is 9.59 Å². The second-order valence-corrected chi connectivity index (χ2v) is 7.23. The Morgan fingerprint density at radius 2 is 2.03 bits per heavy atom. The minimum absolute atomic E-state index is 0.0170. The molecule has 6 nitrogen and oxygen atoms in total. The summed E-state index contributed by atoms with van der Waals surface area (Å²) in [6.07, 6.45) is 0.120. The van der Waals surface area contributed by atoms with Gasteiger partial charge in [0.25, 0.3) is 0 Å². The number of para-hydroxylation sites is 1. The molecular formula is C21H18FN3O3S. The summed E-state index contributed by atoms with van der Waals surface area (Å²) in [6.45, 7) is 0. The molecule has 0 saturated carbocycles. The molecule has 2 N–H and O–H groups in total. The lowest BCUT2D eigenvalue weighted by Crippen LogP contribution is -2.31. The largest absolute Gasteiger partial charge is 0.496 e. The van der Waals surface area contributed by atoms with Crippen LogP contribution >= 0.6 is 11.8 Å². The number of ether oxygens (including phenoxy) is 1. The van der Waals surface area contributed by atoms with Crippen molar-refractivity contribution in [2.75, 3.05) is 18.2 Å². The maximum atomic E-state index is 13.0. The van der Waals surface area contributed by atoms with Gasteiger partial charge in [-0.25, -0.2) is 4.39 Å². The van der Waals surface area contributed by atoms with Crippen molar-refractivity contribution in [1.82, 2.24) is 5.32 Å². The predicted molar refractivity (Wildman–Crippen MR) is 109 cm³/mol. The van der Waals surface area contributed by atoms with Crippen LogP contribution in [0.2, 0.25) is 0 Å². The van der Waals surface area contributed by atoms with Gasteiger partial charge in [-0.15, -0.1) is 0 Å². The van der Waals surface area contributed by atoms with Gasteiger partial charge in [-0.1, -0.05) is 30.0 Å². The predicted octanol–water partition coefficient (Wildman–Crippen LogP) is 3.54. The molecule has 1 unspecified atom stereocenters. The van der Waals surface area contributed by atoms with Crippen LogP contribution in [0.4, 0.5) is 10.1 Å². The smallest absolute Gasteiger partial charge is 0.234 e. The number of anilines is 1. The van der Waals surface area contributed by atoms with E-state index in [2.05, 4.69) is 16.7 Å². The lowest BCUT2D eigenvalue weighted by Gasteiger charge is -2.26. The number of halogens is 1. The Morgan fingerprint density at radius 1 is 1.31 bits per heavy atom. The molecule has 29 heavy (non-hydrogen) atoms. The van der Waals surface area contributed by atoms with E-state index in [0.717, 1.165) is 17.3 Å². The molecule has 2 aromatic carbocycles. The number of hydrogen-bond donors (Lipinski definition) is 2. The number of carbonyl (C=O) groups excluding carboxylic acids is 2. The van der Waals surface area contributed by atoms with E-state index in [1.807, 2.05) is 18.2 Å². The van der Waals surface area contributed by atoms with E-state index in [9.17, 15) is 19.2 Å².